The summed E-state index contributed by atoms with van der Waals surface area (Å²) in [6.45, 7) is 9.92. The van der Waals surface area contributed by atoms with Gasteiger partial charge in [0.25, 0.3) is 0 Å². The van der Waals surface area contributed by atoms with Crippen LogP contribution < -0.4 is 5.32 Å². The molecule has 0 aliphatic carbocycles. The summed E-state index contributed by atoms with van der Waals surface area (Å²) in [5.74, 6) is 0. The normalized spacial score (nSPS) is 27.5. The molecule has 0 amide bonds. The number of nitrogens with zero attached hydrogens (tertiary/aromatic N) is 1. The average Bonchev–Trinajstić information content (AvgIpc) is 2.03. The smallest absolute Gasteiger partial charge is 0.0597 e. The molecule has 3 nitrogen and oxygen atoms in total. The molecule has 2 N–H and O–H groups in total. The first-order valence-electron chi connectivity index (χ1n) is 4.63. The minimum atomic E-state index is 0.232. The molecule has 1 rings (SSSR count). The highest BCUT2D eigenvalue weighted by atomic mass is 16.3. The van der Waals surface area contributed by atoms with E-state index in [-0.39, 0.29) is 18.2 Å². The molecule has 0 aromatic carbocycles. The van der Waals surface area contributed by atoms with E-state index in [1.165, 1.54) is 0 Å². The molecule has 12 heavy (non-hydrogen) atoms. The third-order valence-electron chi connectivity index (χ3n) is 2.42. The third kappa shape index (κ3) is 2.44. The van der Waals surface area contributed by atoms with E-state index in [4.69, 9.17) is 5.11 Å². The monoisotopic (exact) mass is 172 g/mol. The summed E-state index contributed by atoms with van der Waals surface area (Å²) in [7, 11) is 0. The van der Waals surface area contributed by atoms with Crippen molar-refractivity contribution in [3.8, 4) is 0 Å². The highest BCUT2D eigenvalue weighted by Gasteiger charge is 2.26. The molecule has 0 spiro atoms. The Hall–Kier alpha value is -0.120. The highest BCUT2D eigenvalue weighted by molar-refractivity contribution is 4.85. The Kier molecular flexibility index (Phi) is 3.09. The van der Waals surface area contributed by atoms with Gasteiger partial charge in [-0.15, -0.1) is 0 Å². The second-order valence-electron chi connectivity index (χ2n) is 4.45. The molecule has 1 unspecified atom stereocenters. The molecule has 1 aliphatic rings. The molecule has 0 bridgehead atoms. The lowest BCUT2D eigenvalue weighted by Crippen LogP contribution is -2.57. The minimum Gasteiger partial charge on any atom is -0.395 e. The van der Waals surface area contributed by atoms with E-state index < -0.39 is 0 Å². The summed E-state index contributed by atoms with van der Waals surface area (Å²) < 4.78 is 0. The van der Waals surface area contributed by atoms with E-state index >= 15 is 0 Å². The zero-order valence-electron chi connectivity index (χ0n) is 8.30. The van der Waals surface area contributed by atoms with Crippen molar-refractivity contribution in [3.05, 3.63) is 0 Å². The fourth-order valence-corrected chi connectivity index (χ4v) is 1.56. The molecule has 1 heterocycles. The van der Waals surface area contributed by atoms with Crippen LogP contribution in [0.2, 0.25) is 0 Å². The number of piperazine rings is 1. The fraction of sp³-hybridized carbons (Fsp3) is 1.00. The van der Waals surface area contributed by atoms with Gasteiger partial charge in [0.15, 0.2) is 0 Å². The summed E-state index contributed by atoms with van der Waals surface area (Å²) >= 11 is 0. The lowest BCUT2D eigenvalue weighted by molar-refractivity contribution is 0.0764. The molecule has 1 atom stereocenters. The van der Waals surface area contributed by atoms with E-state index in [0.29, 0.717) is 0 Å². The van der Waals surface area contributed by atoms with Crippen LogP contribution in [0.15, 0.2) is 0 Å². The van der Waals surface area contributed by atoms with Crippen LogP contribution in [-0.2, 0) is 0 Å². The Morgan fingerprint density at radius 2 is 2.17 bits per heavy atom. The predicted octanol–water partition coefficient (Wildman–Crippen LogP) is 0.0510. The largest absolute Gasteiger partial charge is 0.395 e. The summed E-state index contributed by atoms with van der Waals surface area (Å²) in [4.78, 5) is 2.41. The van der Waals surface area contributed by atoms with Crippen molar-refractivity contribution < 1.29 is 5.11 Å². The van der Waals surface area contributed by atoms with Gasteiger partial charge in [-0.2, -0.15) is 0 Å². The SMILES string of the molecule is CC(C)(C)N1CCNC(CO)C1. The standard InChI is InChI=1S/C9H20N2O/c1-9(2,3)11-5-4-10-8(6-11)7-12/h8,10,12H,4-7H2,1-3H3. The van der Waals surface area contributed by atoms with E-state index in [1.54, 1.807) is 0 Å². The molecule has 0 aromatic heterocycles. The van der Waals surface area contributed by atoms with Crippen molar-refractivity contribution in [1.29, 1.82) is 0 Å². The van der Waals surface area contributed by atoms with Crippen molar-refractivity contribution in [2.45, 2.75) is 32.4 Å². The van der Waals surface area contributed by atoms with Gasteiger partial charge in [-0.1, -0.05) is 0 Å². The van der Waals surface area contributed by atoms with Crippen molar-refractivity contribution in [2.75, 3.05) is 26.2 Å². The quantitative estimate of drug-likeness (QED) is 0.587. The summed E-state index contributed by atoms with van der Waals surface area (Å²) in [6, 6.07) is 0.262. The maximum Gasteiger partial charge on any atom is 0.0597 e. The van der Waals surface area contributed by atoms with Crippen LogP contribution in [0.5, 0.6) is 0 Å². The van der Waals surface area contributed by atoms with Crippen LogP contribution in [0.1, 0.15) is 20.8 Å². The van der Waals surface area contributed by atoms with Gasteiger partial charge in [0.1, 0.15) is 0 Å². The zero-order chi connectivity index (χ0) is 9.19. The summed E-state index contributed by atoms with van der Waals surface area (Å²) in [6.07, 6.45) is 0. The van der Waals surface area contributed by atoms with Crippen molar-refractivity contribution in [3.63, 3.8) is 0 Å². The second-order valence-corrected chi connectivity index (χ2v) is 4.45. The topological polar surface area (TPSA) is 35.5 Å². The number of nitrogens with one attached hydrogen (secondary N) is 1. The molecular weight excluding hydrogens is 152 g/mol. The van der Waals surface area contributed by atoms with Gasteiger partial charge in [0.05, 0.1) is 6.61 Å². The maximum absolute atomic E-state index is 8.99. The van der Waals surface area contributed by atoms with Crippen LogP contribution in [0.3, 0.4) is 0 Å². The van der Waals surface area contributed by atoms with E-state index in [2.05, 4.69) is 31.0 Å². The molecule has 72 valence electrons. The summed E-state index contributed by atoms with van der Waals surface area (Å²) in [5, 5.41) is 12.3. The Morgan fingerprint density at radius 3 is 2.67 bits per heavy atom. The van der Waals surface area contributed by atoms with Gasteiger partial charge >= 0.3 is 0 Å². The molecule has 1 fully saturated rings. The molecular formula is C9H20N2O. The highest BCUT2D eigenvalue weighted by Crippen LogP contribution is 2.14. The van der Waals surface area contributed by atoms with Gasteiger partial charge in [-0.25, -0.2) is 0 Å². The van der Waals surface area contributed by atoms with Gasteiger partial charge in [-0.3, -0.25) is 4.90 Å². The summed E-state index contributed by atoms with van der Waals surface area (Å²) in [5.41, 5.74) is 0.232. The number of rotatable bonds is 1. The fourth-order valence-electron chi connectivity index (χ4n) is 1.56. The van der Waals surface area contributed by atoms with Crippen molar-refractivity contribution in [2.24, 2.45) is 0 Å². The van der Waals surface area contributed by atoms with Gasteiger partial charge in [-0.05, 0) is 20.8 Å². The molecule has 0 radical (unpaired) electrons. The Morgan fingerprint density at radius 1 is 1.50 bits per heavy atom. The van der Waals surface area contributed by atoms with E-state index in [1.807, 2.05) is 0 Å². The van der Waals surface area contributed by atoms with Crippen molar-refractivity contribution in [1.82, 2.24) is 10.2 Å². The first kappa shape index (κ1) is 9.96. The molecule has 1 aliphatic heterocycles. The Bertz CT molecular complexity index is 142. The maximum atomic E-state index is 8.99. The van der Waals surface area contributed by atoms with Crippen LogP contribution in [-0.4, -0.2) is 47.8 Å². The van der Waals surface area contributed by atoms with Crippen molar-refractivity contribution >= 4 is 0 Å². The number of aliphatic hydroxyl groups is 1. The first-order valence-corrected chi connectivity index (χ1v) is 4.63. The lowest BCUT2D eigenvalue weighted by atomic mass is 10.0. The van der Waals surface area contributed by atoms with Gasteiger partial charge in [0, 0.05) is 31.2 Å². The zero-order valence-corrected chi connectivity index (χ0v) is 8.30. The third-order valence-corrected chi connectivity index (χ3v) is 2.42. The van der Waals surface area contributed by atoms with Crippen LogP contribution in [0.4, 0.5) is 0 Å². The molecule has 3 heteroatoms. The molecule has 0 aromatic rings. The Balaban J connectivity index is 2.46. The van der Waals surface area contributed by atoms with E-state index in [0.717, 1.165) is 19.6 Å². The molecule has 0 saturated carbocycles. The van der Waals surface area contributed by atoms with Crippen LogP contribution in [0, 0.1) is 0 Å². The van der Waals surface area contributed by atoms with Gasteiger partial charge < -0.3 is 10.4 Å². The Labute approximate surface area is 74.8 Å². The van der Waals surface area contributed by atoms with Gasteiger partial charge in [0.2, 0.25) is 0 Å². The number of hydrogen-bond acceptors (Lipinski definition) is 3. The van der Waals surface area contributed by atoms with Crippen LogP contribution >= 0.6 is 0 Å². The minimum absolute atomic E-state index is 0.232. The predicted molar refractivity (Wildman–Crippen MR) is 50.2 cm³/mol. The second kappa shape index (κ2) is 3.73. The molecule has 1 saturated heterocycles. The number of hydrogen-bond donors (Lipinski definition) is 2. The average molecular weight is 172 g/mol. The van der Waals surface area contributed by atoms with E-state index in [9.17, 15) is 0 Å². The first-order chi connectivity index (χ1) is 5.54. The number of aliphatic hydroxyl groups excluding tert-OH is 1. The lowest BCUT2D eigenvalue weighted by Gasteiger charge is -2.41. The van der Waals surface area contributed by atoms with Crippen LogP contribution in [0.25, 0.3) is 0 Å².